The highest BCUT2D eigenvalue weighted by molar-refractivity contribution is 9.10. The molecule has 0 radical (unpaired) electrons. The normalized spacial score (nSPS) is 12.9. The summed E-state index contributed by atoms with van der Waals surface area (Å²) in [7, 11) is -0.0283. The number of nitrogens with zero attached hydrogens (tertiary/aromatic N) is 3. The van der Waals surface area contributed by atoms with E-state index >= 15 is 0 Å². The molecule has 2 aromatic carbocycles. The van der Waals surface area contributed by atoms with Crippen LogP contribution in [-0.2, 0) is 24.1 Å². The molecule has 0 N–H and O–H groups in total. The summed E-state index contributed by atoms with van der Waals surface area (Å²) in [6, 6.07) is 10.2. The minimum Gasteiger partial charge on any atom is -0.497 e. The molecule has 0 aliphatic carbocycles. The minimum absolute atomic E-state index is 0.118. The van der Waals surface area contributed by atoms with Crippen LogP contribution in [0, 0.1) is 0 Å². The Morgan fingerprint density at radius 2 is 1.90 bits per heavy atom. The SMILES string of the molecule is COc1ccc(CN(c2nn(CC(F)(F)F)c3c(Br)ccc(Cl)c23)S(C)=O)cc1. The second-order valence-electron chi connectivity index (χ2n) is 6.16. The van der Waals surface area contributed by atoms with Crippen molar-refractivity contribution in [1.29, 1.82) is 0 Å². The van der Waals surface area contributed by atoms with Gasteiger partial charge in [-0.05, 0) is 45.8 Å². The van der Waals surface area contributed by atoms with Crippen LogP contribution in [0.1, 0.15) is 5.56 Å². The predicted molar refractivity (Wildman–Crippen MR) is 112 cm³/mol. The topological polar surface area (TPSA) is 47.4 Å². The summed E-state index contributed by atoms with van der Waals surface area (Å²) in [4.78, 5) is 0. The van der Waals surface area contributed by atoms with E-state index in [1.54, 1.807) is 43.5 Å². The zero-order valence-corrected chi connectivity index (χ0v) is 18.5. The summed E-state index contributed by atoms with van der Waals surface area (Å²) in [6.45, 7) is -1.14. The fourth-order valence-corrected chi connectivity index (χ4v) is 4.34. The number of alkyl halides is 3. The summed E-state index contributed by atoms with van der Waals surface area (Å²) in [5, 5.41) is 4.66. The van der Waals surface area contributed by atoms with Crippen LogP contribution in [0.15, 0.2) is 40.9 Å². The highest BCUT2D eigenvalue weighted by Crippen LogP contribution is 2.38. The van der Waals surface area contributed by atoms with Gasteiger partial charge in [-0.15, -0.1) is 0 Å². The lowest BCUT2D eigenvalue weighted by atomic mass is 10.2. The van der Waals surface area contributed by atoms with E-state index < -0.39 is 23.7 Å². The molecule has 0 aliphatic heterocycles. The van der Waals surface area contributed by atoms with Crippen molar-refractivity contribution in [3.63, 3.8) is 0 Å². The molecule has 1 heterocycles. The van der Waals surface area contributed by atoms with Gasteiger partial charge in [0.1, 0.15) is 23.3 Å². The summed E-state index contributed by atoms with van der Waals surface area (Å²) < 4.78 is 59.5. The molecule has 3 rings (SSSR count). The van der Waals surface area contributed by atoms with Gasteiger partial charge in [-0.3, -0.25) is 8.99 Å². The first kappa shape index (κ1) is 21.9. The predicted octanol–water partition coefficient (Wildman–Crippen LogP) is 5.32. The molecule has 0 saturated heterocycles. The monoisotopic (exact) mass is 509 g/mol. The summed E-state index contributed by atoms with van der Waals surface area (Å²) in [5.74, 6) is 0.775. The molecule has 0 saturated carbocycles. The quantitative estimate of drug-likeness (QED) is 0.451. The first-order valence-electron chi connectivity index (χ1n) is 8.26. The fourth-order valence-electron chi connectivity index (χ4n) is 2.86. The smallest absolute Gasteiger partial charge is 0.408 e. The maximum atomic E-state index is 13.1. The van der Waals surface area contributed by atoms with Gasteiger partial charge in [0, 0.05) is 10.7 Å². The van der Waals surface area contributed by atoms with Crippen molar-refractivity contribution in [2.24, 2.45) is 0 Å². The molecule has 11 heteroatoms. The molecule has 0 amide bonds. The van der Waals surface area contributed by atoms with Crippen LogP contribution >= 0.6 is 27.5 Å². The first-order chi connectivity index (χ1) is 13.6. The van der Waals surface area contributed by atoms with Crippen molar-refractivity contribution in [2.75, 3.05) is 17.7 Å². The molecule has 3 aromatic rings. The Bertz CT molecular complexity index is 1060. The van der Waals surface area contributed by atoms with Crippen molar-refractivity contribution < 1.29 is 22.1 Å². The standard InChI is InChI=1S/C18H16BrClF3N3O2S/c1-28-12-5-3-11(4-6-12)9-26(29(2)27)17-15-14(20)8-7-13(19)16(15)25(24-17)10-18(21,22)23/h3-8H,9-10H2,1-2H3. The van der Waals surface area contributed by atoms with Crippen LogP contribution in [0.25, 0.3) is 10.9 Å². The van der Waals surface area contributed by atoms with Gasteiger partial charge < -0.3 is 4.74 Å². The lowest BCUT2D eigenvalue weighted by Gasteiger charge is -2.20. The third-order valence-corrected chi connectivity index (χ3v) is 6.01. The Balaban J connectivity index is 2.13. The van der Waals surface area contributed by atoms with Crippen molar-refractivity contribution in [3.8, 4) is 5.75 Å². The molecule has 1 unspecified atom stereocenters. The van der Waals surface area contributed by atoms with E-state index in [1.807, 2.05) is 0 Å². The Morgan fingerprint density at radius 1 is 1.24 bits per heavy atom. The average molecular weight is 511 g/mol. The number of anilines is 1. The van der Waals surface area contributed by atoms with Crippen molar-refractivity contribution in [3.05, 3.63) is 51.5 Å². The number of hydrogen-bond acceptors (Lipinski definition) is 3. The third kappa shape index (κ3) is 4.87. The molecule has 0 fully saturated rings. The number of benzene rings is 2. The van der Waals surface area contributed by atoms with Crippen molar-refractivity contribution in [2.45, 2.75) is 19.3 Å². The average Bonchev–Trinajstić information content (AvgIpc) is 3.01. The number of fused-ring (bicyclic) bond motifs is 1. The third-order valence-electron chi connectivity index (χ3n) is 4.14. The Labute approximate surface area is 181 Å². The van der Waals surface area contributed by atoms with Crippen LogP contribution < -0.4 is 9.04 Å². The molecule has 156 valence electrons. The number of aromatic nitrogens is 2. The lowest BCUT2D eigenvalue weighted by Crippen LogP contribution is -2.25. The highest BCUT2D eigenvalue weighted by Gasteiger charge is 2.32. The second-order valence-corrected chi connectivity index (χ2v) is 8.71. The molecule has 0 aliphatic rings. The van der Waals surface area contributed by atoms with E-state index in [0.29, 0.717) is 15.6 Å². The molecule has 29 heavy (non-hydrogen) atoms. The van der Waals surface area contributed by atoms with E-state index in [4.69, 9.17) is 16.3 Å². The minimum atomic E-state index is -4.48. The first-order valence-corrected chi connectivity index (χ1v) is 10.9. The van der Waals surface area contributed by atoms with Crippen LogP contribution in [-0.4, -0.2) is 33.5 Å². The van der Waals surface area contributed by atoms with E-state index in [0.717, 1.165) is 10.2 Å². The Hall–Kier alpha value is -1.78. The van der Waals surface area contributed by atoms with Gasteiger partial charge in [-0.1, -0.05) is 23.7 Å². The molecule has 0 bridgehead atoms. The highest BCUT2D eigenvalue weighted by atomic mass is 79.9. The van der Waals surface area contributed by atoms with Crippen LogP contribution in [0.4, 0.5) is 19.0 Å². The van der Waals surface area contributed by atoms with Gasteiger partial charge in [-0.2, -0.15) is 18.3 Å². The van der Waals surface area contributed by atoms with Crippen molar-refractivity contribution >= 4 is 55.2 Å². The van der Waals surface area contributed by atoms with E-state index in [-0.39, 0.29) is 22.9 Å². The van der Waals surface area contributed by atoms with Gasteiger partial charge in [-0.25, -0.2) is 4.21 Å². The van der Waals surface area contributed by atoms with Gasteiger partial charge in [0.05, 0.1) is 29.6 Å². The number of rotatable bonds is 6. The zero-order valence-electron chi connectivity index (χ0n) is 15.3. The lowest BCUT2D eigenvalue weighted by molar-refractivity contribution is -0.141. The van der Waals surface area contributed by atoms with E-state index in [1.165, 1.54) is 10.6 Å². The van der Waals surface area contributed by atoms with Gasteiger partial charge >= 0.3 is 6.18 Å². The van der Waals surface area contributed by atoms with Gasteiger partial charge in [0.2, 0.25) is 0 Å². The molecule has 1 aromatic heterocycles. The second kappa shape index (κ2) is 8.53. The maximum Gasteiger partial charge on any atom is 0.408 e. The Morgan fingerprint density at radius 3 is 2.45 bits per heavy atom. The van der Waals surface area contributed by atoms with Crippen LogP contribution in [0.3, 0.4) is 0 Å². The fraction of sp³-hybridized carbons (Fsp3) is 0.278. The van der Waals surface area contributed by atoms with E-state index in [2.05, 4.69) is 21.0 Å². The van der Waals surface area contributed by atoms with Crippen LogP contribution in [0.5, 0.6) is 5.75 Å². The van der Waals surface area contributed by atoms with Crippen LogP contribution in [0.2, 0.25) is 5.02 Å². The summed E-state index contributed by atoms with van der Waals surface area (Å²) in [5.41, 5.74) is 0.973. The van der Waals surface area contributed by atoms with Gasteiger partial charge in [0.25, 0.3) is 0 Å². The van der Waals surface area contributed by atoms with Crippen molar-refractivity contribution in [1.82, 2.24) is 9.78 Å². The molecule has 1 atom stereocenters. The number of hydrogen-bond donors (Lipinski definition) is 0. The van der Waals surface area contributed by atoms with E-state index in [9.17, 15) is 17.4 Å². The molecular formula is C18H16BrClF3N3O2S. The summed E-state index contributed by atoms with van der Waals surface area (Å²) >= 11 is 9.59. The zero-order chi connectivity index (χ0) is 21.3. The molecule has 0 spiro atoms. The number of halogens is 5. The van der Waals surface area contributed by atoms with Gasteiger partial charge in [0.15, 0.2) is 5.82 Å². The molecular weight excluding hydrogens is 495 g/mol. The maximum absolute atomic E-state index is 13.1. The largest absolute Gasteiger partial charge is 0.497 e. The summed E-state index contributed by atoms with van der Waals surface area (Å²) in [6.07, 6.45) is -3.05. The molecule has 5 nitrogen and oxygen atoms in total. The number of methoxy groups -OCH3 is 1. The number of ether oxygens (including phenoxy) is 1. The Kier molecular flexibility index (Phi) is 6.45.